The highest BCUT2D eigenvalue weighted by atomic mass is 32.2. The summed E-state index contributed by atoms with van der Waals surface area (Å²) < 4.78 is 11.8. The van der Waals surface area contributed by atoms with E-state index in [9.17, 15) is 4.21 Å². The number of rotatable bonds is 5. The fraction of sp³-hybridized carbons (Fsp3) is 0.462. The number of nitriles is 1. The molecule has 0 spiro atoms. The van der Waals surface area contributed by atoms with Gasteiger partial charge in [-0.2, -0.15) is 5.26 Å². The molecule has 0 amide bonds. The molecular formula is C13H17NOS. The Morgan fingerprint density at radius 1 is 1.31 bits per heavy atom. The molecule has 0 aliphatic carbocycles. The molecule has 0 N–H and O–H groups in total. The van der Waals surface area contributed by atoms with Crippen molar-refractivity contribution in [3.05, 3.63) is 35.9 Å². The molecule has 0 fully saturated rings. The Bertz CT molecular complexity index is 392. The van der Waals surface area contributed by atoms with Crippen LogP contribution in [0.5, 0.6) is 0 Å². The van der Waals surface area contributed by atoms with Crippen LogP contribution in [0.1, 0.15) is 25.8 Å². The van der Waals surface area contributed by atoms with Crippen LogP contribution in [0.4, 0.5) is 0 Å². The summed E-state index contributed by atoms with van der Waals surface area (Å²) in [6.45, 7) is 3.76. The van der Waals surface area contributed by atoms with E-state index < -0.39 is 10.8 Å². The topological polar surface area (TPSA) is 40.9 Å². The van der Waals surface area contributed by atoms with Crippen molar-refractivity contribution in [2.24, 2.45) is 5.41 Å². The summed E-state index contributed by atoms with van der Waals surface area (Å²) >= 11 is 0. The molecule has 0 radical (unpaired) electrons. The van der Waals surface area contributed by atoms with E-state index in [0.717, 1.165) is 5.56 Å². The Hall–Kier alpha value is -1.14. The molecule has 3 heteroatoms. The lowest BCUT2D eigenvalue weighted by molar-refractivity contribution is 0.479. The second kappa shape index (κ2) is 5.81. The highest BCUT2D eigenvalue weighted by molar-refractivity contribution is 7.84. The van der Waals surface area contributed by atoms with Crippen molar-refractivity contribution < 1.29 is 4.21 Å². The Morgan fingerprint density at radius 3 is 2.50 bits per heavy atom. The monoisotopic (exact) mass is 235 g/mol. The molecule has 1 unspecified atom stereocenters. The second-order valence-corrected chi connectivity index (χ2v) is 6.10. The van der Waals surface area contributed by atoms with Gasteiger partial charge in [0.2, 0.25) is 0 Å². The summed E-state index contributed by atoms with van der Waals surface area (Å²) in [6, 6.07) is 12.0. The quantitative estimate of drug-likeness (QED) is 0.787. The highest BCUT2D eigenvalue weighted by Gasteiger charge is 2.17. The van der Waals surface area contributed by atoms with E-state index in [4.69, 9.17) is 5.26 Å². The summed E-state index contributed by atoms with van der Waals surface area (Å²) in [4.78, 5) is 0. The van der Waals surface area contributed by atoms with Crippen molar-refractivity contribution in [2.45, 2.75) is 26.0 Å². The molecule has 0 aromatic heterocycles. The molecule has 0 aliphatic rings. The maximum Gasteiger partial charge on any atom is 0.0684 e. The normalized spacial score (nSPS) is 13.1. The van der Waals surface area contributed by atoms with Crippen LogP contribution >= 0.6 is 0 Å². The Labute approximate surface area is 99.8 Å². The predicted octanol–water partition coefficient (Wildman–Crippen LogP) is 2.88. The Morgan fingerprint density at radius 2 is 1.94 bits per heavy atom. The molecule has 1 aromatic carbocycles. The maximum atomic E-state index is 11.8. The zero-order valence-corrected chi connectivity index (χ0v) is 10.6. The van der Waals surface area contributed by atoms with Gasteiger partial charge in [-0.05, 0) is 25.8 Å². The predicted molar refractivity (Wildman–Crippen MR) is 67.2 cm³/mol. The van der Waals surface area contributed by atoms with Gasteiger partial charge in [0.15, 0.2) is 0 Å². The van der Waals surface area contributed by atoms with E-state index in [-0.39, 0.29) is 5.41 Å². The van der Waals surface area contributed by atoms with Crippen LogP contribution in [0.2, 0.25) is 0 Å². The van der Waals surface area contributed by atoms with Gasteiger partial charge in [-0.1, -0.05) is 30.3 Å². The molecule has 1 aromatic rings. The van der Waals surface area contributed by atoms with Gasteiger partial charge in [-0.25, -0.2) is 0 Å². The van der Waals surface area contributed by atoms with Crippen LogP contribution in [0.25, 0.3) is 0 Å². The van der Waals surface area contributed by atoms with E-state index >= 15 is 0 Å². The van der Waals surface area contributed by atoms with E-state index in [0.29, 0.717) is 17.9 Å². The standard InChI is InChI=1S/C13H17NOS/c1-13(2,11-14)8-9-16(15)10-12-6-4-3-5-7-12/h3-7H,8-10H2,1-2H3. The maximum absolute atomic E-state index is 11.8. The van der Waals surface area contributed by atoms with E-state index in [1.807, 2.05) is 44.2 Å². The zero-order chi connectivity index (χ0) is 12.0. The molecule has 1 rings (SSSR count). The Kier molecular flexibility index (Phi) is 4.70. The third kappa shape index (κ3) is 4.59. The minimum absolute atomic E-state index is 0.369. The molecule has 0 bridgehead atoms. The van der Waals surface area contributed by atoms with Crippen LogP contribution in [0.15, 0.2) is 30.3 Å². The SMILES string of the molecule is CC(C)(C#N)CCS(=O)Cc1ccccc1. The number of hydrogen-bond acceptors (Lipinski definition) is 2. The summed E-state index contributed by atoms with van der Waals surface area (Å²) in [5.41, 5.74) is 0.724. The fourth-order valence-corrected chi connectivity index (χ4v) is 2.70. The van der Waals surface area contributed by atoms with Gasteiger partial charge in [0.25, 0.3) is 0 Å². The number of nitrogens with zero attached hydrogens (tertiary/aromatic N) is 1. The average Bonchev–Trinajstić information content (AvgIpc) is 2.28. The van der Waals surface area contributed by atoms with Crippen molar-refractivity contribution in [2.75, 3.05) is 5.75 Å². The molecule has 0 saturated carbocycles. The highest BCUT2D eigenvalue weighted by Crippen LogP contribution is 2.19. The summed E-state index contributed by atoms with van der Waals surface area (Å²) in [6.07, 6.45) is 0.683. The van der Waals surface area contributed by atoms with Gasteiger partial charge in [0.05, 0.1) is 11.5 Å². The van der Waals surface area contributed by atoms with Gasteiger partial charge in [0, 0.05) is 22.3 Å². The van der Waals surface area contributed by atoms with E-state index in [2.05, 4.69) is 6.07 Å². The lowest BCUT2D eigenvalue weighted by atomic mass is 9.93. The molecule has 0 heterocycles. The van der Waals surface area contributed by atoms with Gasteiger partial charge in [-0.15, -0.1) is 0 Å². The second-order valence-electron chi connectivity index (χ2n) is 4.52. The van der Waals surface area contributed by atoms with Crippen LogP contribution in [0, 0.1) is 16.7 Å². The smallest absolute Gasteiger partial charge is 0.0684 e. The minimum atomic E-state index is -0.870. The minimum Gasteiger partial charge on any atom is -0.259 e. The molecule has 2 nitrogen and oxygen atoms in total. The first-order chi connectivity index (χ1) is 7.53. The first kappa shape index (κ1) is 12.9. The first-order valence-electron chi connectivity index (χ1n) is 5.34. The Balaban J connectivity index is 2.41. The third-order valence-electron chi connectivity index (χ3n) is 2.43. The summed E-state index contributed by atoms with van der Waals surface area (Å²) in [5, 5.41) is 8.85. The van der Waals surface area contributed by atoms with E-state index in [1.165, 1.54) is 0 Å². The largest absolute Gasteiger partial charge is 0.259 e. The van der Waals surface area contributed by atoms with Gasteiger partial charge in [0.1, 0.15) is 0 Å². The first-order valence-corrected chi connectivity index (χ1v) is 6.82. The third-order valence-corrected chi connectivity index (χ3v) is 3.74. The van der Waals surface area contributed by atoms with Crippen LogP contribution in [-0.4, -0.2) is 9.96 Å². The summed E-state index contributed by atoms with van der Waals surface area (Å²) in [7, 11) is -0.870. The lowest BCUT2D eigenvalue weighted by Gasteiger charge is -2.13. The molecule has 0 saturated heterocycles. The fourth-order valence-electron chi connectivity index (χ4n) is 1.26. The van der Waals surface area contributed by atoms with Crippen molar-refractivity contribution in [1.29, 1.82) is 5.26 Å². The van der Waals surface area contributed by atoms with Crippen molar-refractivity contribution in [3.8, 4) is 6.07 Å². The van der Waals surface area contributed by atoms with Gasteiger partial charge >= 0.3 is 0 Å². The van der Waals surface area contributed by atoms with Crippen LogP contribution in [-0.2, 0) is 16.6 Å². The molecule has 86 valence electrons. The molecule has 1 atom stereocenters. The molecule has 0 aliphatic heterocycles. The molecular weight excluding hydrogens is 218 g/mol. The summed E-state index contributed by atoms with van der Waals surface area (Å²) in [5.74, 6) is 1.18. The van der Waals surface area contributed by atoms with Crippen molar-refractivity contribution in [3.63, 3.8) is 0 Å². The van der Waals surface area contributed by atoms with Crippen molar-refractivity contribution in [1.82, 2.24) is 0 Å². The molecule has 16 heavy (non-hydrogen) atoms. The van der Waals surface area contributed by atoms with E-state index in [1.54, 1.807) is 0 Å². The van der Waals surface area contributed by atoms with Crippen molar-refractivity contribution >= 4 is 10.8 Å². The number of benzene rings is 1. The number of hydrogen-bond donors (Lipinski definition) is 0. The van der Waals surface area contributed by atoms with Gasteiger partial charge in [-0.3, -0.25) is 4.21 Å². The van der Waals surface area contributed by atoms with Crippen LogP contribution < -0.4 is 0 Å². The van der Waals surface area contributed by atoms with Gasteiger partial charge < -0.3 is 0 Å². The van der Waals surface area contributed by atoms with Crippen LogP contribution in [0.3, 0.4) is 0 Å². The average molecular weight is 235 g/mol. The zero-order valence-electron chi connectivity index (χ0n) is 9.77. The lowest BCUT2D eigenvalue weighted by Crippen LogP contribution is -2.13.